The highest BCUT2D eigenvalue weighted by molar-refractivity contribution is 5.92. The third-order valence-electron chi connectivity index (χ3n) is 4.66. The van der Waals surface area contributed by atoms with Crippen LogP contribution in [0.5, 0.6) is 0 Å². The Labute approximate surface area is 151 Å². The molecule has 1 aliphatic heterocycles. The second-order valence-electron chi connectivity index (χ2n) is 6.21. The molecule has 1 aliphatic rings. The van der Waals surface area contributed by atoms with Gasteiger partial charge in [0.05, 0.1) is 17.7 Å². The van der Waals surface area contributed by atoms with Crippen LogP contribution in [0.4, 0.5) is 0 Å². The molecule has 0 N–H and O–H groups in total. The minimum atomic E-state index is -0.0873. The van der Waals surface area contributed by atoms with Gasteiger partial charge in [0, 0.05) is 18.8 Å². The van der Waals surface area contributed by atoms with Crippen molar-refractivity contribution in [2.45, 2.75) is 18.9 Å². The van der Waals surface area contributed by atoms with Gasteiger partial charge in [0.25, 0.3) is 0 Å². The van der Waals surface area contributed by atoms with E-state index in [0.717, 1.165) is 29.9 Å². The number of rotatable bonds is 3. The van der Waals surface area contributed by atoms with Crippen LogP contribution in [0.25, 0.3) is 11.7 Å². The summed E-state index contributed by atoms with van der Waals surface area (Å²) in [5.74, 6) is 0.713. The molecule has 6 heteroatoms. The minimum Gasteiger partial charge on any atom is -0.329 e. The van der Waals surface area contributed by atoms with Crippen LogP contribution in [0, 0.1) is 11.3 Å². The number of nitriles is 1. The van der Waals surface area contributed by atoms with Crippen LogP contribution in [-0.2, 0) is 4.79 Å². The summed E-state index contributed by atoms with van der Waals surface area (Å²) < 4.78 is 1.94. The first-order valence-corrected chi connectivity index (χ1v) is 8.55. The molecule has 0 bridgehead atoms. The van der Waals surface area contributed by atoms with Crippen molar-refractivity contribution < 1.29 is 4.79 Å². The molecule has 1 fully saturated rings. The summed E-state index contributed by atoms with van der Waals surface area (Å²) in [5, 5.41) is 17.7. The summed E-state index contributed by atoms with van der Waals surface area (Å²) >= 11 is 0. The molecule has 0 spiro atoms. The van der Waals surface area contributed by atoms with Crippen LogP contribution in [0.3, 0.4) is 0 Å². The number of hydrogen-bond donors (Lipinski definition) is 0. The third kappa shape index (κ3) is 2.84. The number of likely N-dealkylation sites (tertiary alicyclic amines) is 1. The van der Waals surface area contributed by atoms with Gasteiger partial charge in [0.15, 0.2) is 11.5 Å². The summed E-state index contributed by atoms with van der Waals surface area (Å²) in [6.07, 6.45) is 6.96. The van der Waals surface area contributed by atoms with Crippen LogP contribution >= 0.6 is 0 Å². The first-order chi connectivity index (χ1) is 12.8. The van der Waals surface area contributed by atoms with Crippen LogP contribution in [-0.4, -0.2) is 31.9 Å². The molecule has 0 radical (unpaired) electrons. The van der Waals surface area contributed by atoms with Crippen LogP contribution in [0.1, 0.15) is 35.8 Å². The zero-order valence-electron chi connectivity index (χ0n) is 14.1. The molecule has 1 saturated heterocycles. The quantitative estimate of drug-likeness (QED) is 0.685. The van der Waals surface area contributed by atoms with Gasteiger partial charge in [0.2, 0.25) is 5.91 Å². The van der Waals surface area contributed by atoms with E-state index in [1.807, 2.05) is 51.9 Å². The van der Waals surface area contributed by atoms with Gasteiger partial charge in [-0.05, 0) is 42.7 Å². The number of benzene rings is 1. The zero-order valence-corrected chi connectivity index (χ0v) is 14.1. The van der Waals surface area contributed by atoms with Crippen molar-refractivity contribution in [2.24, 2.45) is 0 Å². The molecule has 0 aliphatic carbocycles. The number of hydrogen-bond acceptors (Lipinski definition) is 4. The fourth-order valence-corrected chi connectivity index (χ4v) is 3.39. The number of carbonyl (C=O) groups is 1. The summed E-state index contributed by atoms with van der Waals surface area (Å²) in [7, 11) is 0. The molecule has 2 aromatic heterocycles. The van der Waals surface area contributed by atoms with E-state index < -0.39 is 0 Å². The topological polar surface area (TPSA) is 74.3 Å². The van der Waals surface area contributed by atoms with Gasteiger partial charge in [-0.2, -0.15) is 5.26 Å². The fraction of sp³-hybridized carbons (Fsp3) is 0.200. The average Bonchev–Trinajstić information content (AvgIpc) is 3.32. The van der Waals surface area contributed by atoms with Crippen molar-refractivity contribution in [3.63, 3.8) is 0 Å². The predicted octanol–water partition coefficient (Wildman–Crippen LogP) is 2.98. The maximum atomic E-state index is 12.8. The largest absolute Gasteiger partial charge is 0.329 e. The Balaban J connectivity index is 1.59. The van der Waals surface area contributed by atoms with Crippen LogP contribution in [0.15, 0.2) is 54.7 Å². The van der Waals surface area contributed by atoms with E-state index in [9.17, 15) is 4.79 Å². The zero-order chi connectivity index (χ0) is 17.9. The van der Waals surface area contributed by atoms with Crippen molar-refractivity contribution in [3.8, 4) is 6.07 Å². The van der Waals surface area contributed by atoms with Crippen molar-refractivity contribution in [3.05, 3.63) is 71.7 Å². The number of amides is 1. The number of aromatic nitrogens is 3. The molecule has 1 aromatic carbocycles. The van der Waals surface area contributed by atoms with Gasteiger partial charge >= 0.3 is 0 Å². The molecule has 1 amide bonds. The lowest BCUT2D eigenvalue weighted by molar-refractivity contribution is -0.127. The molecule has 4 rings (SSSR count). The van der Waals surface area contributed by atoms with Gasteiger partial charge in [-0.15, -0.1) is 10.2 Å². The Hall–Kier alpha value is -3.46. The number of pyridine rings is 1. The fourth-order valence-electron chi connectivity index (χ4n) is 3.39. The Morgan fingerprint density at radius 1 is 1.19 bits per heavy atom. The van der Waals surface area contributed by atoms with Crippen molar-refractivity contribution >= 4 is 17.6 Å². The molecule has 0 unspecified atom stereocenters. The Kier molecular flexibility index (Phi) is 4.20. The maximum Gasteiger partial charge on any atom is 0.247 e. The summed E-state index contributed by atoms with van der Waals surface area (Å²) in [6, 6.07) is 15.0. The second kappa shape index (κ2) is 6.81. The Morgan fingerprint density at radius 3 is 2.92 bits per heavy atom. The molecular formula is C20H17N5O. The molecule has 3 aromatic rings. The highest BCUT2D eigenvalue weighted by Gasteiger charge is 2.32. The van der Waals surface area contributed by atoms with E-state index in [-0.39, 0.29) is 11.9 Å². The normalized spacial score (nSPS) is 17.0. The average molecular weight is 343 g/mol. The molecule has 1 atom stereocenters. The highest BCUT2D eigenvalue weighted by Crippen LogP contribution is 2.31. The Morgan fingerprint density at radius 2 is 2.04 bits per heavy atom. The minimum absolute atomic E-state index is 0.0760. The first-order valence-electron chi connectivity index (χ1n) is 8.55. The van der Waals surface area contributed by atoms with Gasteiger partial charge in [0.1, 0.15) is 0 Å². The van der Waals surface area contributed by atoms with Gasteiger partial charge in [-0.3, -0.25) is 9.20 Å². The van der Waals surface area contributed by atoms with Crippen molar-refractivity contribution in [2.75, 3.05) is 6.54 Å². The van der Waals surface area contributed by atoms with Crippen molar-refractivity contribution in [1.29, 1.82) is 5.26 Å². The predicted molar refractivity (Wildman–Crippen MR) is 96.9 cm³/mol. The summed E-state index contributed by atoms with van der Waals surface area (Å²) in [6.45, 7) is 0.690. The lowest BCUT2D eigenvalue weighted by Gasteiger charge is -2.22. The third-order valence-corrected chi connectivity index (χ3v) is 4.66. The van der Waals surface area contributed by atoms with E-state index in [1.54, 1.807) is 12.1 Å². The Bertz CT molecular complexity index is 1030. The number of carbonyl (C=O) groups excluding carboxylic acids is 1. The maximum absolute atomic E-state index is 12.8. The number of nitrogens with zero attached hydrogens (tertiary/aromatic N) is 5. The van der Waals surface area contributed by atoms with E-state index >= 15 is 0 Å². The SMILES string of the molecule is N#Cc1ccccc1/C=C/C(=O)N1CCC[C@H]1c1nnc2ccccn12. The molecular weight excluding hydrogens is 326 g/mol. The van der Waals surface area contributed by atoms with Gasteiger partial charge < -0.3 is 4.90 Å². The monoisotopic (exact) mass is 343 g/mol. The standard InChI is InChI=1S/C20H17N5O/c21-14-16-7-2-1-6-15(16)10-11-19(26)24-13-5-8-17(24)20-23-22-18-9-3-4-12-25(18)20/h1-4,6-7,9-12,17H,5,8,13H2/b11-10+/t17-/m0/s1. The van der Waals surface area contributed by atoms with Crippen LogP contribution in [0.2, 0.25) is 0 Å². The van der Waals surface area contributed by atoms with Gasteiger partial charge in [-0.1, -0.05) is 24.3 Å². The number of fused-ring (bicyclic) bond motifs is 1. The highest BCUT2D eigenvalue weighted by atomic mass is 16.2. The summed E-state index contributed by atoms with van der Waals surface area (Å²) in [5.41, 5.74) is 2.07. The molecule has 3 heterocycles. The van der Waals surface area contributed by atoms with Crippen molar-refractivity contribution in [1.82, 2.24) is 19.5 Å². The lowest BCUT2D eigenvalue weighted by Crippen LogP contribution is -2.30. The van der Waals surface area contributed by atoms with E-state index in [4.69, 9.17) is 5.26 Å². The van der Waals surface area contributed by atoms with E-state index in [1.165, 1.54) is 6.08 Å². The van der Waals surface area contributed by atoms with E-state index in [0.29, 0.717) is 12.1 Å². The smallest absolute Gasteiger partial charge is 0.247 e. The van der Waals surface area contributed by atoms with Crippen LogP contribution < -0.4 is 0 Å². The molecule has 128 valence electrons. The van der Waals surface area contributed by atoms with Gasteiger partial charge in [-0.25, -0.2) is 0 Å². The molecule has 6 nitrogen and oxygen atoms in total. The molecule has 0 saturated carbocycles. The second-order valence-corrected chi connectivity index (χ2v) is 6.21. The summed E-state index contributed by atoms with van der Waals surface area (Å²) in [4.78, 5) is 14.6. The molecule has 26 heavy (non-hydrogen) atoms. The lowest BCUT2D eigenvalue weighted by atomic mass is 10.1. The first kappa shape index (κ1) is 16.0. The van der Waals surface area contributed by atoms with E-state index in [2.05, 4.69) is 16.3 Å².